The van der Waals surface area contributed by atoms with Crippen LogP contribution in [0.4, 0.5) is 11.6 Å². The van der Waals surface area contributed by atoms with Crippen molar-refractivity contribution in [3.8, 4) is 11.5 Å². The number of aromatic nitrogens is 3. The Morgan fingerprint density at radius 2 is 1.77 bits per heavy atom. The van der Waals surface area contributed by atoms with E-state index in [1.807, 2.05) is 54.6 Å². The van der Waals surface area contributed by atoms with E-state index in [0.29, 0.717) is 17.5 Å². The molecule has 3 aromatic rings. The maximum atomic E-state index is 12.7. The van der Waals surface area contributed by atoms with Gasteiger partial charge in [-0.2, -0.15) is 0 Å². The summed E-state index contributed by atoms with van der Waals surface area (Å²) in [7, 11) is 0. The first-order valence-electron chi connectivity index (χ1n) is 10.7. The molecule has 0 spiro atoms. The van der Waals surface area contributed by atoms with Crippen LogP contribution in [0.25, 0.3) is 0 Å². The molecule has 0 unspecified atom stereocenters. The average molecular weight is 436 g/mol. The number of carbonyl (C=O) groups is 1. The van der Waals surface area contributed by atoms with Gasteiger partial charge in [0.05, 0.1) is 11.4 Å². The van der Waals surface area contributed by atoms with Gasteiger partial charge >= 0.3 is 0 Å². The number of hydrogen-bond donors (Lipinski definition) is 1. The standard InChI is InChI=1S/C23H25N5O2S/c29-21(24-19-10-4-5-11-20(19)30-18-8-2-1-3-9-18)16-31-23-26-25-22(27-14-6-7-15-27)28(23)17-12-13-17/h1-5,8-11,17H,6-7,12-16H2,(H,24,29). The van der Waals surface area contributed by atoms with E-state index in [4.69, 9.17) is 4.74 Å². The molecule has 1 aliphatic heterocycles. The molecule has 2 fully saturated rings. The van der Waals surface area contributed by atoms with E-state index < -0.39 is 0 Å². The highest BCUT2D eigenvalue weighted by molar-refractivity contribution is 7.99. The molecule has 1 saturated heterocycles. The highest BCUT2D eigenvalue weighted by Gasteiger charge is 2.32. The Morgan fingerprint density at radius 1 is 1.03 bits per heavy atom. The Labute approximate surface area is 185 Å². The number of anilines is 2. The summed E-state index contributed by atoms with van der Waals surface area (Å²) in [5.41, 5.74) is 0.651. The molecule has 2 heterocycles. The molecular weight excluding hydrogens is 410 g/mol. The zero-order valence-electron chi connectivity index (χ0n) is 17.2. The van der Waals surface area contributed by atoms with Crippen LogP contribution < -0.4 is 15.0 Å². The normalized spacial score (nSPS) is 15.8. The zero-order chi connectivity index (χ0) is 21.0. The zero-order valence-corrected chi connectivity index (χ0v) is 18.1. The van der Waals surface area contributed by atoms with Crippen LogP contribution in [0.3, 0.4) is 0 Å². The lowest BCUT2D eigenvalue weighted by molar-refractivity contribution is -0.113. The topological polar surface area (TPSA) is 72.3 Å². The third kappa shape index (κ3) is 4.69. The average Bonchev–Trinajstić information content (AvgIpc) is 3.31. The molecule has 1 aliphatic carbocycles. The maximum absolute atomic E-state index is 12.7. The fourth-order valence-corrected chi connectivity index (χ4v) is 4.54. The minimum atomic E-state index is -0.0952. The number of nitrogens with zero attached hydrogens (tertiary/aromatic N) is 4. The van der Waals surface area contributed by atoms with E-state index in [2.05, 4.69) is 25.0 Å². The molecule has 1 N–H and O–H groups in total. The molecule has 31 heavy (non-hydrogen) atoms. The van der Waals surface area contributed by atoms with Gasteiger partial charge in [-0.3, -0.25) is 9.36 Å². The van der Waals surface area contributed by atoms with Crippen molar-refractivity contribution in [1.82, 2.24) is 14.8 Å². The second kappa shape index (κ2) is 9.01. The fourth-order valence-electron chi connectivity index (χ4n) is 3.74. The summed E-state index contributed by atoms with van der Waals surface area (Å²) in [5.74, 6) is 2.48. The Morgan fingerprint density at radius 3 is 2.55 bits per heavy atom. The van der Waals surface area contributed by atoms with E-state index in [-0.39, 0.29) is 11.7 Å². The SMILES string of the molecule is O=C(CSc1nnc(N2CCCC2)n1C1CC1)Nc1ccccc1Oc1ccccc1. The number of para-hydroxylation sites is 3. The molecule has 0 atom stereocenters. The summed E-state index contributed by atoms with van der Waals surface area (Å²) in [6.45, 7) is 2.07. The van der Waals surface area contributed by atoms with Gasteiger partial charge in [-0.25, -0.2) is 0 Å². The van der Waals surface area contributed by atoms with E-state index in [1.54, 1.807) is 0 Å². The number of nitrogens with one attached hydrogen (secondary N) is 1. The molecule has 5 rings (SSSR count). The van der Waals surface area contributed by atoms with Gasteiger partial charge in [-0.15, -0.1) is 10.2 Å². The van der Waals surface area contributed by atoms with Gasteiger partial charge in [0, 0.05) is 19.1 Å². The van der Waals surface area contributed by atoms with Crippen LogP contribution in [-0.2, 0) is 4.79 Å². The number of carbonyl (C=O) groups excluding carboxylic acids is 1. The first-order chi connectivity index (χ1) is 15.3. The number of hydrogen-bond acceptors (Lipinski definition) is 6. The highest BCUT2D eigenvalue weighted by Crippen LogP contribution is 2.41. The minimum Gasteiger partial charge on any atom is -0.455 e. The Kier molecular flexibility index (Phi) is 5.80. The maximum Gasteiger partial charge on any atom is 0.234 e. The minimum absolute atomic E-state index is 0.0952. The molecule has 1 aromatic heterocycles. The van der Waals surface area contributed by atoms with Crippen LogP contribution in [0.1, 0.15) is 31.7 Å². The molecular formula is C23H25N5O2S. The number of benzene rings is 2. The quantitative estimate of drug-likeness (QED) is 0.516. The van der Waals surface area contributed by atoms with Crippen molar-refractivity contribution in [1.29, 1.82) is 0 Å². The van der Waals surface area contributed by atoms with Crippen molar-refractivity contribution in [3.05, 3.63) is 54.6 Å². The molecule has 0 bridgehead atoms. The molecule has 1 amide bonds. The number of ether oxygens (including phenoxy) is 1. The Balaban J connectivity index is 1.24. The highest BCUT2D eigenvalue weighted by atomic mass is 32.2. The second-order valence-corrected chi connectivity index (χ2v) is 8.77. The van der Waals surface area contributed by atoms with Crippen LogP contribution >= 0.6 is 11.8 Å². The van der Waals surface area contributed by atoms with E-state index in [1.165, 1.54) is 24.6 Å². The molecule has 0 radical (unpaired) electrons. The fraction of sp³-hybridized carbons (Fsp3) is 0.348. The van der Waals surface area contributed by atoms with E-state index in [9.17, 15) is 4.79 Å². The van der Waals surface area contributed by atoms with Crippen molar-refractivity contribution >= 4 is 29.3 Å². The van der Waals surface area contributed by atoms with Crippen LogP contribution in [0.2, 0.25) is 0 Å². The van der Waals surface area contributed by atoms with Crippen LogP contribution in [0.5, 0.6) is 11.5 Å². The summed E-state index contributed by atoms with van der Waals surface area (Å²) in [4.78, 5) is 15.0. The number of thioether (sulfide) groups is 1. The van der Waals surface area contributed by atoms with Gasteiger partial charge < -0.3 is 15.0 Å². The second-order valence-electron chi connectivity index (χ2n) is 7.83. The summed E-state index contributed by atoms with van der Waals surface area (Å²) in [6, 6.07) is 17.5. The van der Waals surface area contributed by atoms with Gasteiger partial charge in [-0.05, 0) is 49.9 Å². The predicted octanol–water partition coefficient (Wildman–Crippen LogP) is 4.74. The van der Waals surface area contributed by atoms with E-state index >= 15 is 0 Å². The van der Waals surface area contributed by atoms with Gasteiger partial charge in [0.1, 0.15) is 5.75 Å². The van der Waals surface area contributed by atoms with Gasteiger partial charge in [-0.1, -0.05) is 42.1 Å². The van der Waals surface area contributed by atoms with Crippen LogP contribution in [0.15, 0.2) is 59.8 Å². The van der Waals surface area contributed by atoms with Crippen molar-refractivity contribution in [3.63, 3.8) is 0 Å². The molecule has 160 valence electrons. The first kappa shape index (κ1) is 19.9. The first-order valence-corrected chi connectivity index (χ1v) is 11.7. The van der Waals surface area contributed by atoms with Crippen molar-refractivity contribution in [2.24, 2.45) is 0 Å². The summed E-state index contributed by atoms with van der Waals surface area (Å²) < 4.78 is 8.17. The Hall–Kier alpha value is -3.00. The molecule has 8 heteroatoms. The number of rotatable bonds is 8. The molecule has 1 saturated carbocycles. The van der Waals surface area contributed by atoms with Gasteiger partial charge in [0.25, 0.3) is 0 Å². The monoisotopic (exact) mass is 435 g/mol. The van der Waals surface area contributed by atoms with Crippen molar-refractivity contribution in [2.75, 3.05) is 29.1 Å². The lowest BCUT2D eigenvalue weighted by Crippen LogP contribution is -2.22. The van der Waals surface area contributed by atoms with Crippen molar-refractivity contribution in [2.45, 2.75) is 36.9 Å². The number of amides is 1. The van der Waals surface area contributed by atoms with E-state index in [0.717, 1.165) is 42.8 Å². The third-order valence-electron chi connectivity index (χ3n) is 5.41. The smallest absolute Gasteiger partial charge is 0.234 e. The Bertz CT molecular complexity index is 1050. The summed E-state index contributed by atoms with van der Waals surface area (Å²) >= 11 is 1.44. The molecule has 2 aromatic carbocycles. The van der Waals surface area contributed by atoms with Gasteiger partial charge in [0.15, 0.2) is 10.9 Å². The summed E-state index contributed by atoms with van der Waals surface area (Å²) in [5, 5.41) is 12.7. The molecule has 7 nitrogen and oxygen atoms in total. The van der Waals surface area contributed by atoms with Crippen LogP contribution in [-0.4, -0.2) is 39.5 Å². The summed E-state index contributed by atoms with van der Waals surface area (Å²) in [6.07, 6.45) is 4.71. The lowest BCUT2D eigenvalue weighted by Gasteiger charge is -2.18. The largest absolute Gasteiger partial charge is 0.455 e. The predicted molar refractivity (Wildman–Crippen MR) is 122 cm³/mol. The van der Waals surface area contributed by atoms with Crippen LogP contribution in [0, 0.1) is 0 Å². The van der Waals surface area contributed by atoms with Crippen molar-refractivity contribution < 1.29 is 9.53 Å². The van der Waals surface area contributed by atoms with Gasteiger partial charge in [0.2, 0.25) is 11.9 Å². The lowest BCUT2D eigenvalue weighted by atomic mass is 10.3. The third-order valence-corrected chi connectivity index (χ3v) is 6.36. The molecule has 2 aliphatic rings.